The summed E-state index contributed by atoms with van der Waals surface area (Å²) in [7, 11) is 0. The second kappa shape index (κ2) is 9.57. The molecule has 0 heterocycles. The minimum atomic E-state index is 0.674. The van der Waals surface area contributed by atoms with Crippen molar-refractivity contribution in [2.75, 3.05) is 18.5 Å². The molecule has 0 fully saturated rings. The third-order valence-corrected chi connectivity index (χ3v) is 4.05. The average Bonchev–Trinajstić information content (AvgIpc) is 2.37. The van der Waals surface area contributed by atoms with Crippen molar-refractivity contribution in [2.45, 2.75) is 39.5 Å². The summed E-state index contributed by atoms with van der Waals surface area (Å²) in [4.78, 5) is 0. The fraction of sp³-hybridized carbons (Fsp3) is 0.625. The predicted octanol–water partition coefficient (Wildman–Crippen LogP) is 4.76. The van der Waals surface area contributed by atoms with Crippen LogP contribution in [0.3, 0.4) is 0 Å². The van der Waals surface area contributed by atoms with Gasteiger partial charge in [-0.25, -0.2) is 0 Å². The fourth-order valence-corrected chi connectivity index (χ4v) is 2.56. The van der Waals surface area contributed by atoms with Gasteiger partial charge in [0.05, 0.1) is 0 Å². The summed E-state index contributed by atoms with van der Waals surface area (Å²) < 4.78 is 5.65. The number of unbranched alkanes of at least 4 members (excludes halogenated alkanes) is 1. The quantitative estimate of drug-likeness (QED) is 0.472. The maximum Gasteiger partial charge on any atom is 0.0469 e. The number of hydrogen-bond donors (Lipinski definition) is 0. The van der Waals surface area contributed by atoms with E-state index in [1.54, 1.807) is 0 Å². The molecule has 0 N–H and O–H groups in total. The topological polar surface area (TPSA) is 9.23 Å². The molecule has 0 amide bonds. The van der Waals surface area contributed by atoms with Crippen LogP contribution in [0.15, 0.2) is 24.3 Å². The van der Waals surface area contributed by atoms with Gasteiger partial charge in [0.2, 0.25) is 0 Å². The van der Waals surface area contributed by atoms with Gasteiger partial charge in [-0.15, -0.1) is 0 Å². The van der Waals surface area contributed by atoms with E-state index in [0.29, 0.717) is 5.92 Å². The van der Waals surface area contributed by atoms with Crippen molar-refractivity contribution in [1.82, 2.24) is 0 Å². The Morgan fingerprint density at radius 2 is 2.11 bits per heavy atom. The first-order chi connectivity index (χ1) is 8.76. The Bertz CT molecular complexity index is 325. The van der Waals surface area contributed by atoms with Crippen LogP contribution in [-0.4, -0.2) is 18.5 Å². The Kier molecular flexibility index (Phi) is 8.36. The zero-order valence-corrected chi connectivity index (χ0v) is 13.2. The van der Waals surface area contributed by atoms with Gasteiger partial charge in [0.1, 0.15) is 0 Å². The smallest absolute Gasteiger partial charge is 0.0469 e. The predicted molar refractivity (Wildman–Crippen MR) is 82.5 cm³/mol. The van der Waals surface area contributed by atoms with Crippen LogP contribution in [0.5, 0.6) is 0 Å². The lowest BCUT2D eigenvalue weighted by Crippen LogP contribution is -2.10. The first-order valence-corrected chi connectivity index (χ1v) is 8.07. The number of alkyl halides is 1. The number of benzene rings is 1. The van der Waals surface area contributed by atoms with Crippen LogP contribution < -0.4 is 0 Å². The lowest BCUT2D eigenvalue weighted by atomic mass is 9.97. The molecule has 1 atom stereocenters. The molecule has 1 aromatic carbocycles. The molecule has 0 aromatic heterocycles. The zero-order chi connectivity index (χ0) is 13.2. The summed E-state index contributed by atoms with van der Waals surface area (Å²) in [5.74, 6) is 0.674. The summed E-state index contributed by atoms with van der Waals surface area (Å²) in [6, 6.07) is 8.81. The van der Waals surface area contributed by atoms with Crippen molar-refractivity contribution in [2.24, 2.45) is 5.92 Å². The molecule has 0 aliphatic rings. The van der Waals surface area contributed by atoms with Crippen LogP contribution >= 0.6 is 15.9 Å². The number of halogens is 1. The Hall–Kier alpha value is -0.340. The minimum Gasteiger partial charge on any atom is -0.381 e. The second-order valence-electron chi connectivity index (χ2n) is 4.97. The van der Waals surface area contributed by atoms with E-state index in [1.807, 2.05) is 0 Å². The van der Waals surface area contributed by atoms with Gasteiger partial charge in [0.15, 0.2) is 0 Å². The van der Waals surface area contributed by atoms with Crippen molar-refractivity contribution < 1.29 is 4.74 Å². The van der Waals surface area contributed by atoms with E-state index in [2.05, 4.69) is 54.0 Å². The highest BCUT2D eigenvalue weighted by molar-refractivity contribution is 9.09. The summed E-state index contributed by atoms with van der Waals surface area (Å²) in [6.07, 6.45) is 4.68. The number of aryl methyl sites for hydroxylation is 1. The van der Waals surface area contributed by atoms with Crippen molar-refractivity contribution in [3.63, 3.8) is 0 Å². The van der Waals surface area contributed by atoms with Gasteiger partial charge in [-0.05, 0) is 37.7 Å². The van der Waals surface area contributed by atoms with Gasteiger partial charge in [0.25, 0.3) is 0 Å². The van der Waals surface area contributed by atoms with Crippen LogP contribution in [0.25, 0.3) is 0 Å². The lowest BCUT2D eigenvalue weighted by Gasteiger charge is -2.14. The molecular formula is C16H25BrO. The van der Waals surface area contributed by atoms with E-state index < -0.39 is 0 Å². The van der Waals surface area contributed by atoms with Gasteiger partial charge in [-0.3, -0.25) is 0 Å². The number of hydrogen-bond acceptors (Lipinski definition) is 1. The second-order valence-corrected chi connectivity index (χ2v) is 5.62. The van der Waals surface area contributed by atoms with E-state index in [1.165, 1.54) is 24.0 Å². The van der Waals surface area contributed by atoms with E-state index in [-0.39, 0.29) is 0 Å². The maximum absolute atomic E-state index is 5.65. The molecular weight excluding hydrogens is 288 g/mol. The van der Waals surface area contributed by atoms with E-state index in [9.17, 15) is 0 Å². The summed E-state index contributed by atoms with van der Waals surface area (Å²) >= 11 is 3.62. The summed E-state index contributed by atoms with van der Waals surface area (Å²) in [5.41, 5.74) is 2.79. The lowest BCUT2D eigenvalue weighted by molar-refractivity contribution is 0.120. The van der Waals surface area contributed by atoms with Crippen molar-refractivity contribution in [1.29, 1.82) is 0 Å². The van der Waals surface area contributed by atoms with Crippen molar-refractivity contribution in [3.05, 3.63) is 35.4 Å². The molecule has 2 heteroatoms. The van der Waals surface area contributed by atoms with Gasteiger partial charge in [-0.2, -0.15) is 0 Å². The van der Waals surface area contributed by atoms with Crippen LogP contribution in [0.2, 0.25) is 0 Å². The van der Waals surface area contributed by atoms with E-state index in [4.69, 9.17) is 4.74 Å². The first-order valence-electron chi connectivity index (χ1n) is 6.95. The van der Waals surface area contributed by atoms with E-state index >= 15 is 0 Å². The molecule has 0 aliphatic heterocycles. The molecule has 0 radical (unpaired) electrons. The Morgan fingerprint density at radius 1 is 1.28 bits per heavy atom. The molecule has 1 aromatic rings. The van der Waals surface area contributed by atoms with Crippen molar-refractivity contribution in [3.8, 4) is 0 Å². The molecule has 0 saturated carbocycles. The highest BCUT2D eigenvalue weighted by Crippen LogP contribution is 2.16. The van der Waals surface area contributed by atoms with Crippen LogP contribution in [0.1, 0.15) is 37.3 Å². The minimum absolute atomic E-state index is 0.674. The van der Waals surface area contributed by atoms with Gasteiger partial charge in [0, 0.05) is 18.5 Å². The Labute approximate surface area is 120 Å². The normalized spacial score (nSPS) is 12.6. The Morgan fingerprint density at radius 3 is 2.78 bits per heavy atom. The first kappa shape index (κ1) is 15.7. The SMILES string of the molecule is CCCCOCCC(CBr)Cc1cccc(C)c1. The molecule has 1 rings (SSSR count). The zero-order valence-electron chi connectivity index (χ0n) is 11.6. The molecule has 18 heavy (non-hydrogen) atoms. The van der Waals surface area contributed by atoms with Crippen LogP contribution in [-0.2, 0) is 11.2 Å². The molecule has 0 aliphatic carbocycles. The highest BCUT2D eigenvalue weighted by atomic mass is 79.9. The van der Waals surface area contributed by atoms with E-state index in [0.717, 1.165) is 31.4 Å². The molecule has 0 spiro atoms. The van der Waals surface area contributed by atoms with Gasteiger partial charge < -0.3 is 4.74 Å². The van der Waals surface area contributed by atoms with Gasteiger partial charge in [-0.1, -0.05) is 59.1 Å². The molecule has 1 nitrogen and oxygen atoms in total. The standard InChI is InChI=1S/C16H25BrO/c1-3-4-9-18-10-8-16(13-17)12-15-7-5-6-14(2)11-15/h5-7,11,16H,3-4,8-10,12-13H2,1-2H3. The summed E-state index contributed by atoms with van der Waals surface area (Å²) in [6.45, 7) is 6.15. The third kappa shape index (κ3) is 6.55. The van der Waals surface area contributed by atoms with Crippen LogP contribution in [0, 0.1) is 12.8 Å². The molecule has 102 valence electrons. The number of ether oxygens (including phenoxy) is 1. The molecule has 0 bridgehead atoms. The third-order valence-electron chi connectivity index (χ3n) is 3.14. The average molecular weight is 313 g/mol. The fourth-order valence-electron chi connectivity index (χ4n) is 2.00. The Balaban J connectivity index is 2.28. The number of rotatable bonds is 9. The summed E-state index contributed by atoms with van der Waals surface area (Å²) in [5, 5.41) is 1.05. The highest BCUT2D eigenvalue weighted by Gasteiger charge is 2.08. The molecule has 1 unspecified atom stereocenters. The monoisotopic (exact) mass is 312 g/mol. The molecule has 0 saturated heterocycles. The van der Waals surface area contributed by atoms with Crippen LogP contribution in [0.4, 0.5) is 0 Å². The largest absolute Gasteiger partial charge is 0.381 e. The maximum atomic E-state index is 5.65. The van der Waals surface area contributed by atoms with Crippen molar-refractivity contribution >= 4 is 15.9 Å². The van der Waals surface area contributed by atoms with Gasteiger partial charge >= 0.3 is 0 Å².